The molecule has 136 valence electrons. The van der Waals surface area contributed by atoms with Crippen LogP contribution in [0.2, 0.25) is 0 Å². The zero-order valence-electron chi connectivity index (χ0n) is 14.7. The van der Waals surface area contributed by atoms with Gasteiger partial charge >= 0.3 is 12.3 Å². The van der Waals surface area contributed by atoms with Crippen LogP contribution in [-0.4, -0.2) is 28.1 Å². The van der Waals surface area contributed by atoms with Crippen molar-refractivity contribution in [1.82, 2.24) is 9.88 Å². The number of H-pyrrole nitrogens is 1. The summed E-state index contributed by atoms with van der Waals surface area (Å²) in [5.74, 6) is 0. The molecule has 0 atom stereocenters. The number of carbonyl (C=O) groups excluding carboxylic acids is 1. The van der Waals surface area contributed by atoms with Crippen molar-refractivity contribution in [2.24, 2.45) is 0 Å². The van der Waals surface area contributed by atoms with Gasteiger partial charge in [0, 0.05) is 29.6 Å². The lowest BCUT2D eigenvalue weighted by Crippen LogP contribution is -2.39. The SMILES string of the molecule is Cc1cc(C(F)(F)F)c2[nH]c3c(c2c1)CN(C(=O)OC(C)(C)C)CC3. The van der Waals surface area contributed by atoms with Crippen molar-refractivity contribution in [3.05, 3.63) is 34.5 Å². The highest BCUT2D eigenvalue weighted by molar-refractivity contribution is 5.89. The third kappa shape index (κ3) is 3.45. The lowest BCUT2D eigenvalue weighted by molar-refractivity contribution is -0.136. The van der Waals surface area contributed by atoms with Crippen LogP contribution in [0.15, 0.2) is 12.1 Å². The molecular weight excluding hydrogens is 333 g/mol. The molecule has 4 nitrogen and oxygen atoms in total. The van der Waals surface area contributed by atoms with Crippen molar-refractivity contribution >= 4 is 17.0 Å². The first-order valence-corrected chi connectivity index (χ1v) is 8.15. The van der Waals surface area contributed by atoms with Crippen LogP contribution in [0.3, 0.4) is 0 Å². The molecule has 1 N–H and O–H groups in total. The van der Waals surface area contributed by atoms with Crippen LogP contribution >= 0.6 is 0 Å². The highest BCUT2D eigenvalue weighted by Crippen LogP contribution is 2.38. The molecule has 0 saturated heterocycles. The third-order valence-corrected chi connectivity index (χ3v) is 4.19. The summed E-state index contributed by atoms with van der Waals surface area (Å²) in [6, 6.07) is 2.88. The molecule has 0 unspecified atom stereocenters. The van der Waals surface area contributed by atoms with Crippen LogP contribution in [0, 0.1) is 6.92 Å². The molecule has 2 aromatic rings. The predicted molar refractivity (Wildman–Crippen MR) is 88.4 cm³/mol. The predicted octanol–water partition coefficient (Wildman–Crippen LogP) is 4.79. The van der Waals surface area contributed by atoms with Crippen LogP contribution in [0.25, 0.3) is 10.9 Å². The zero-order chi connectivity index (χ0) is 18.6. The number of rotatable bonds is 0. The van der Waals surface area contributed by atoms with Gasteiger partial charge in [-0.3, -0.25) is 0 Å². The van der Waals surface area contributed by atoms with Gasteiger partial charge in [0.05, 0.1) is 17.6 Å². The number of fused-ring (bicyclic) bond motifs is 3. The van der Waals surface area contributed by atoms with Crippen molar-refractivity contribution in [1.29, 1.82) is 0 Å². The average Bonchev–Trinajstić information content (AvgIpc) is 2.81. The van der Waals surface area contributed by atoms with Gasteiger partial charge in [-0.25, -0.2) is 4.79 Å². The summed E-state index contributed by atoms with van der Waals surface area (Å²) < 4.78 is 45.4. The molecule has 0 aliphatic carbocycles. The Balaban J connectivity index is 2.01. The summed E-state index contributed by atoms with van der Waals surface area (Å²) in [6.45, 7) is 7.64. The Labute approximate surface area is 143 Å². The summed E-state index contributed by atoms with van der Waals surface area (Å²) in [5.41, 5.74) is 0.843. The Hall–Kier alpha value is -2.18. The van der Waals surface area contributed by atoms with Gasteiger partial charge in [-0.2, -0.15) is 13.2 Å². The molecule has 1 amide bonds. The molecule has 0 saturated carbocycles. The van der Waals surface area contributed by atoms with Gasteiger partial charge in [-0.1, -0.05) is 0 Å². The smallest absolute Gasteiger partial charge is 0.418 e. The number of hydrogen-bond acceptors (Lipinski definition) is 2. The van der Waals surface area contributed by atoms with Crippen molar-refractivity contribution < 1.29 is 22.7 Å². The molecule has 0 radical (unpaired) electrons. The first-order chi connectivity index (χ1) is 11.5. The molecule has 1 aromatic heterocycles. The molecule has 3 rings (SSSR count). The number of halogens is 3. The molecule has 25 heavy (non-hydrogen) atoms. The second kappa shape index (κ2) is 5.68. The van der Waals surface area contributed by atoms with E-state index in [0.29, 0.717) is 23.9 Å². The minimum absolute atomic E-state index is 0.0918. The van der Waals surface area contributed by atoms with Gasteiger partial charge in [-0.05, 0) is 45.4 Å². The first-order valence-electron chi connectivity index (χ1n) is 8.15. The highest BCUT2D eigenvalue weighted by Gasteiger charge is 2.35. The molecule has 0 fully saturated rings. The van der Waals surface area contributed by atoms with E-state index in [2.05, 4.69) is 4.98 Å². The fourth-order valence-electron chi connectivity index (χ4n) is 3.16. The number of nitrogens with zero attached hydrogens (tertiary/aromatic N) is 1. The lowest BCUT2D eigenvalue weighted by atomic mass is 10.0. The number of alkyl halides is 3. The maximum absolute atomic E-state index is 13.3. The van der Waals surface area contributed by atoms with E-state index < -0.39 is 23.4 Å². The molecular formula is C18H21F3N2O2. The lowest BCUT2D eigenvalue weighted by Gasteiger charge is -2.30. The number of amides is 1. The number of aromatic amines is 1. The Bertz CT molecular complexity index is 831. The Morgan fingerprint density at radius 3 is 2.52 bits per heavy atom. The van der Waals surface area contributed by atoms with Crippen LogP contribution in [0.4, 0.5) is 18.0 Å². The molecule has 0 bridgehead atoms. The number of aromatic nitrogens is 1. The Morgan fingerprint density at radius 1 is 1.24 bits per heavy atom. The number of aryl methyl sites for hydroxylation is 1. The van der Waals surface area contributed by atoms with Crippen LogP contribution in [-0.2, 0) is 23.9 Å². The zero-order valence-corrected chi connectivity index (χ0v) is 14.7. The number of benzene rings is 1. The first kappa shape index (κ1) is 17.6. The number of nitrogens with one attached hydrogen (secondary N) is 1. The molecule has 7 heteroatoms. The van der Waals surface area contributed by atoms with Gasteiger partial charge in [0.1, 0.15) is 5.60 Å². The van der Waals surface area contributed by atoms with Gasteiger partial charge in [0.15, 0.2) is 0 Å². The van der Waals surface area contributed by atoms with Gasteiger partial charge in [-0.15, -0.1) is 0 Å². The molecule has 2 heterocycles. The topological polar surface area (TPSA) is 45.3 Å². The van der Waals surface area contributed by atoms with E-state index in [1.807, 2.05) is 0 Å². The summed E-state index contributed by atoms with van der Waals surface area (Å²) in [5, 5.41) is 0.524. The maximum Gasteiger partial charge on any atom is 0.418 e. The van der Waals surface area contributed by atoms with Gasteiger partial charge < -0.3 is 14.6 Å². The number of ether oxygens (including phenoxy) is 1. The van der Waals surface area contributed by atoms with E-state index in [1.54, 1.807) is 33.8 Å². The standard InChI is InChI=1S/C18H21F3N2O2/c1-10-7-11-12-9-23(16(24)25-17(2,3)4)6-5-14(12)22-15(11)13(8-10)18(19,20)21/h7-8,22H,5-6,9H2,1-4H3. The fraction of sp³-hybridized carbons (Fsp3) is 0.500. The highest BCUT2D eigenvalue weighted by atomic mass is 19.4. The Morgan fingerprint density at radius 2 is 1.92 bits per heavy atom. The number of hydrogen-bond donors (Lipinski definition) is 1. The fourth-order valence-corrected chi connectivity index (χ4v) is 3.16. The number of carbonyl (C=O) groups is 1. The summed E-state index contributed by atoms with van der Waals surface area (Å²) in [7, 11) is 0. The summed E-state index contributed by atoms with van der Waals surface area (Å²) >= 11 is 0. The van der Waals surface area contributed by atoms with Gasteiger partial charge in [0.2, 0.25) is 0 Å². The van der Waals surface area contributed by atoms with Crippen molar-refractivity contribution in [3.63, 3.8) is 0 Å². The largest absolute Gasteiger partial charge is 0.444 e. The van der Waals surface area contributed by atoms with Crippen LogP contribution in [0.5, 0.6) is 0 Å². The minimum Gasteiger partial charge on any atom is -0.444 e. The molecule has 1 aliphatic rings. The quantitative estimate of drug-likeness (QED) is 0.739. The van der Waals surface area contributed by atoms with E-state index in [9.17, 15) is 18.0 Å². The monoisotopic (exact) mass is 354 g/mol. The molecule has 1 aromatic carbocycles. The summed E-state index contributed by atoms with van der Waals surface area (Å²) in [6.07, 6.45) is -4.40. The average molecular weight is 354 g/mol. The molecule has 0 spiro atoms. The van der Waals surface area contributed by atoms with Crippen molar-refractivity contribution in [3.8, 4) is 0 Å². The van der Waals surface area contributed by atoms with E-state index >= 15 is 0 Å². The minimum atomic E-state index is -4.43. The third-order valence-electron chi connectivity index (χ3n) is 4.19. The van der Waals surface area contributed by atoms with Crippen LogP contribution in [0.1, 0.15) is 43.2 Å². The second-order valence-electron chi connectivity index (χ2n) is 7.47. The van der Waals surface area contributed by atoms with Crippen LogP contribution < -0.4 is 0 Å². The van der Waals surface area contributed by atoms with Gasteiger partial charge in [0.25, 0.3) is 0 Å². The normalized spacial score (nSPS) is 15.4. The van der Waals surface area contributed by atoms with E-state index in [-0.39, 0.29) is 12.1 Å². The Kier molecular flexibility index (Phi) is 4.00. The van der Waals surface area contributed by atoms with Crippen molar-refractivity contribution in [2.75, 3.05) is 6.54 Å². The van der Waals surface area contributed by atoms with E-state index in [0.717, 1.165) is 17.3 Å². The van der Waals surface area contributed by atoms with E-state index in [1.165, 1.54) is 4.90 Å². The van der Waals surface area contributed by atoms with E-state index in [4.69, 9.17) is 4.74 Å². The second-order valence-corrected chi connectivity index (χ2v) is 7.47. The maximum atomic E-state index is 13.3. The van der Waals surface area contributed by atoms with Crippen molar-refractivity contribution in [2.45, 2.75) is 52.4 Å². The molecule has 1 aliphatic heterocycles. The summed E-state index contributed by atoms with van der Waals surface area (Å²) in [4.78, 5) is 16.8.